The first-order chi connectivity index (χ1) is 16.1. The lowest BCUT2D eigenvalue weighted by molar-refractivity contribution is 0.0696. The number of rotatable bonds is 5. The molecule has 2 atom stereocenters. The molecule has 3 aromatic carbocycles. The number of halogens is 1. The zero-order valence-corrected chi connectivity index (χ0v) is 17.9. The Kier molecular flexibility index (Phi) is 5.54. The van der Waals surface area contributed by atoms with Crippen molar-refractivity contribution in [2.24, 2.45) is 5.92 Å². The Bertz CT molecular complexity index is 1140. The van der Waals surface area contributed by atoms with Crippen LogP contribution in [-0.4, -0.2) is 42.6 Å². The van der Waals surface area contributed by atoms with Gasteiger partial charge in [0.15, 0.2) is 11.5 Å². The first kappa shape index (κ1) is 21.1. The fourth-order valence-electron chi connectivity index (χ4n) is 4.97. The van der Waals surface area contributed by atoms with Crippen LogP contribution in [-0.2, 0) is 5.41 Å². The predicted molar refractivity (Wildman–Crippen MR) is 119 cm³/mol. The molecule has 0 radical (unpaired) electrons. The lowest BCUT2D eigenvalue weighted by atomic mass is 9.62. The summed E-state index contributed by atoms with van der Waals surface area (Å²) in [7, 11) is 0. The molecule has 0 aliphatic carbocycles. The molecule has 6 nitrogen and oxygen atoms in total. The van der Waals surface area contributed by atoms with Gasteiger partial charge < -0.3 is 24.2 Å². The number of nitrogens with zero attached hydrogens (tertiary/aromatic N) is 1. The van der Waals surface area contributed by atoms with Crippen molar-refractivity contribution in [1.82, 2.24) is 4.90 Å². The van der Waals surface area contributed by atoms with Gasteiger partial charge in [-0.15, -0.1) is 0 Å². The Balaban J connectivity index is 1.53. The second kappa shape index (κ2) is 8.65. The van der Waals surface area contributed by atoms with E-state index < -0.39 is 11.5 Å². The first-order valence-corrected chi connectivity index (χ1v) is 10.9. The van der Waals surface area contributed by atoms with Crippen LogP contribution in [0.5, 0.6) is 17.2 Å². The van der Waals surface area contributed by atoms with Crippen molar-refractivity contribution in [2.75, 3.05) is 26.5 Å². The molecule has 1 fully saturated rings. The average Bonchev–Trinajstić information content (AvgIpc) is 3.31. The van der Waals surface area contributed by atoms with E-state index in [0.717, 1.165) is 11.1 Å². The normalized spacial score (nSPS) is 21.6. The third-order valence-electron chi connectivity index (χ3n) is 6.63. The zero-order chi connectivity index (χ0) is 22.8. The number of piperidine rings is 1. The number of fused-ring (bicyclic) bond motifs is 1. The van der Waals surface area contributed by atoms with Crippen LogP contribution in [0, 0.1) is 11.7 Å². The second-order valence-corrected chi connectivity index (χ2v) is 8.35. The number of ether oxygens (including phenoxy) is 3. The van der Waals surface area contributed by atoms with Crippen LogP contribution < -0.4 is 14.2 Å². The molecule has 3 aromatic rings. The average molecular weight is 449 g/mol. The Labute approximate surface area is 191 Å². The van der Waals surface area contributed by atoms with Crippen molar-refractivity contribution in [3.63, 3.8) is 0 Å². The van der Waals surface area contributed by atoms with E-state index in [0.29, 0.717) is 36.8 Å². The number of carboxylic acid groups (broad SMARTS) is 1. The van der Waals surface area contributed by atoms with Gasteiger partial charge in [0.1, 0.15) is 11.6 Å². The molecule has 0 saturated carbocycles. The number of benzene rings is 3. The minimum atomic E-state index is -0.955. The molecule has 0 spiro atoms. The molecule has 33 heavy (non-hydrogen) atoms. The van der Waals surface area contributed by atoms with E-state index in [-0.39, 0.29) is 25.1 Å². The lowest BCUT2D eigenvalue weighted by Gasteiger charge is -2.48. The van der Waals surface area contributed by atoms with Gasteiger partial charge in [0, 0.05) is 30.5 Å². The molecular weight excluding hydrogens is 425 g/mol. The van der Waals surface area contributed by atoms with Crippen molar-refractivity contribution in [3.05, 3.63) is 89.7 Å². The molecule has 0 aromatic heterocycles. The summed E-state index contributed by atoms with van der Waals surface area (Å²) in [6.07, 6.45) is -0.395. The SMILES string of the molecule is O=C(O)N1CCC(c2ccccc2)(c2ccc(F)cc2)C(COc2ccc3c(c2)OCO3)C1. The van der Waals surface area contributed by atoms with Crippen molar-refractivity contribution in [2.45, 2.75) is 11.8 Å². The lowest BCUT2D eigenvalue weighted by Crippen LogP contribution is -2.54. The van der Waals surface area contributed by atoms with E-state index >= 15 is 0 Å². The van der Waals surface area contributed by atoms with Crippen molar-refractivity contribution in [3.8, 4) is 17.2 Å². The Hall–Kier alpha value is -3.74. The van der Waals surface area contributed by atoms with Gasteiger partial charge in [-0.1, -0.05) is 42.5 Å². The number of carbonyl (C=O) groups is 1. The Morgan fingerprint density at radius 3 is 2.52 bits per heavy atom. The van der Waals surface area contributed by atoms with E-state index in [9.17, 15) is 14.3 Å². The van der Waals surface area contributed by atoms with E-state index in [2.05, 4.69) is 0 Å². The van der Waals surface area contributed by atoms with Gasteiger partial charge >= 0.3 is 6.09 Å². The van der Waals surface area contributed by atoms with Crippen LogP contribution in [0.1, 0.15) is 17.5 Å². The van der Waals surface area contributed by atoms with E-state index in [1.807, 2.05) is 36.4 Å². The molecule has 1 saturated heterocycles. The molecule has 1 amide bonds. The zero-order valence-electron chi connectivity index (χ0n) is 17.9. The van der Waals surface area contributed by atoms with Gasteiger partial charge in [-0.2, -0.15) is 0 Å². The van der Waals surface area contributed by atoms with E-state index in [1.54, 1.807) is 24.3 Å². The maximum absolute atomic E-state index is 13.8. The molecule has 2 heterocycles. The van der Waals surface area contributed by atoms with Crippen molar-refractivity contribution in [1.29, 1.82) is 0 Å². The van der Waals surface area contributed by atoms with Crippen LogP contribution in [0.4, 0.5) is 9.18 Å². The second-order valence-electron chi connectivity index (χ2n) is 8.35. The summed E-state index contributed by atoms with van der Waals surface area (Å²) in [6, 6.07) is 21.9. The largest absolute Gasteiger partial charge is 0.493 e. The van der Waals surface area contributed by atoms with Crippen LogP contribution in [0.15, 0.2) is 72.8 Å². The number of hydrogen-bond donors (Lipinski definition) is 1. The number of amides is 1. The monoisotopic (exact) mass is 449 g/mol. The van der Waals surface area contributed by atoms with Crippen LogP contribution >= 0.6 is 0 Å². The third kappa shape index (κ3) is 3.95. The highest BCUT2D eigenvalue weighted by atomic mass is 19.1. The fourth-order valence-corrected chi connectivity index (χ4v) is 4.97. The molecule has 0 bridgehead atoms. The van der Waals surface area contributed by atoms with Gasteiger partial charge in [-0.25, -0.2) is 9.18 Å². The van der Waals surface area contributed by atoms with Gasteiger partial charge in [-0.3, -0.25) is 0 Å². The predicted octanol–water partition coefficient (Wildman–Crippen LogP) is 4.92. The summed E-state index contributed by atoms with van der Waals surface area (Å²) < 4.78 is 30.8. The van der Waals surface area contributed by atoms with E-state index in [4.69, 9.17) is 14.2 Å². The standard InChI is InChI=1S/C26H24FNO5/c27-21-8-6-19(7-9-21)26(18-4-2-1-3-5-18)12-13-28(25(29)30)15-20(26)16-31-22-10-11-23-24(14-22)33-17-32-23/h1-11,14,20H,12-13,15-17H2,(H,29,30). The van der Waals surface area contributed by atoms with Gasteiger partial charge in [0.25, 0.3) is 0 Å². The van der Waals surface area contributed by atoms with Gasteiger partial charge in [0.05, 0.1) is 6.61 Å². The van der Waals surface area contributed by atoms with Gasteiger partial charge in [-0.05, 0) is 41.8 Å². The van der Waals surface area contributed by atoms with Gasteiger partial charge in [0.2, 0.25) is 6.79 Å². The molecule has 2 aliphatic heterocycles. The summed E-state index contributed by atoms with van der Waals surface area (Å²) in [5, 5.41) is 9.70. The maximum Gasteiger partial charge on any atom is 0.407 e. The molecule has 7 heteroatoms. The Morgan fingerprint density at radius 1 is 1.03 bits per heavy atom. The Morgan fingerprint density at radius 2 is 1.76 bits per heavy atom. The molecular formula is C26H24FNO5. The molecule has 1 N–H and O–H groups in total. The highest BCUT2D eigenvalue weighted by molar-refractivity contribution is 5.65. The van der Waals surface area contributed by atoms with Crippen molar-refractivity contribution >= 4 is 6.09 Å². The van der Waals surface area contributed by atoms with Crippen LogP contribution in [0.25, 0.3) is 0 Å². The fraction of sp³-hybridized carbons (Fsp3) is 0.269. The molecule has 2 unspecified atom stereocenters. The summed E-state index contributed by atoms with van der Waals surface area (Å²) in [5.41, 5.74) is 1.47. The van der Waals surface area contributed by atoms with E-state index in [1.165, 1.54) is 17.0 Å². The smallest absolute Gasteiger partial charge is 0.407 e. The maximum atomic E-state index is 13.8. The summed E-state index contributed by atoms with van der Waals surface area (Å²) >= 11 is 0. The van der Waals surface area contributed by atoms with Crippen molar-refractivity contribution < 1.29 is 28.5 Å². The van der Waals surface area contributed by atoms with Crippen LogP contribution in [0.3, 0.4) is 0 Å². The quantitative estimate of drug-likeness (QED) is 0.599. The highest BCUT2D eigenvalue weighted by Crippen LogP contribution is 2.46. The summed E-state index contributed by atoms with van der Waals surface area (Å²) in [5.74, 6) is 1.39. The topological polar surface area (TPSA) is 68.2 Å². The van der Waals surface area contributed by atoms with Crippen LogP contribution in [0.2, 0.25) is 0 Å². The molecule has 2 aliphatic rings. The minimum Gasteiger partial charge on any atom is -0.493 e. The number of likely N-dealkylation sites (tertiary alicyclic amines) is 1. The third-order valence-corrected chi connectivity index (χ3v) is 6.63. The molecule has 170 valence electrons. The summed E-state index contributed by atoms with van der Waals surface area (Å²) in [4.78, 5) is 13.3. The minimum absolute atomic E-state index is 0.177. The highest BCUT2D eigenvalue weighted by Gasteiger charge is 2.47. The molecule has 5 rings (SSSR count). The first-order valence-electron chi connectivity index (χ1n) is 10.9. The summed E-state index contributed by atoms with van der Waals surface area (Å²) in [6.45, 7) is 1.13. The number of hydrogen-bond acceptors (Lipinski definition) is 4.